The number of carbonyl (C=O) groups is 1. The van der Waals surface area contributed by atoms with Crippen molar-refractivity contribution in [2.75, 3.05) is 25.5 Å². The molecule has 3 heterocycles. The number of hydrogen-bond acceptors (Lipinski definition) is 5. The van der Waals surface area contributed by atoms with Gasteiger partial charge in [-0.2, -0.15) is 0 Å². The number of nitrogens with zero attached hydrogens (tertiary/aromatic N) is 2. The molecule has 0 aromatic carbocycles. The number of thiophene rings is 1. The Kier molecular flexibility index (Phi) is 3.12. The average molecular weight is 277 g/mol. The van der Waals surface area contributed by atoms with Gasteiger partial charge in [-0.25, -0.2) is 0 Å². The first-order valence-corrected chi connectivity index (χ1v) is 7.01. The van der Waals surface area contributed by atoms with E-state index in [4.69, 9.17) is 10.5 Å². The van der Waals surface area contributed by atoms with Crippen molar-refractivity contribution in [3.63, 3.8) is 0 Å². The summed E-state index contributed by atoms with van der Waals surface area (Å²) < 4.78 is 6.30. The van der Waals surface area contributed by atoms with E-state index in [1.165, 1.54) is 11.3 Å². The summed E-state index contributed by atoms with van der Waals surface area (Å²) in [5.74, 6) is -0.00509. The normalized spacial score (nSPS) is 19.8. The van der Waals surface area contributed by atoms with Crippen LogP contribution in [0.1, 0.15) is 16.6 Å². The Balaban J connectivity index is 1.99. The molecule has 0 aliphatic carbocycles. The molecule has 0 bridgehead atoms. The summed E-state index contributed by atoms with van der Waals surface area (Å²) in [4.78, 5) is 19.1. The van der Waals surface area contributed by atoms with Crippen LogP contribution in [-0.2, 0) is 4.74 Å². The molecule has 100 valence electrons. The maximum Gasteiger partial charge on any atom is 0.266 e. The number of anilines is 1. The van der Waals surface area contributed by atoms with E-state index in [0.717, 1.165) is 10.1 Å². The molecule has 5 nitrogen and oxygen atoms in total. The molecule has 0 saturated carbocycles. The number of rotatable bonds is 1. The van der Waals surface area contributed by atoms with Gasteiger partial charge in [0.1, 0.15) is 4.88 Å². The smallest absolute Gasteiger partial charge is 0.266 e. The van der Waals surface area contributed by atoms with Crippen LogP contribution in [0.25, 0.3) is 10.1 Å². The number of nitrogens with two attached hydrogens (primary N) is 1. The fourth-order valence-corrected chi connectivity index (χ4v) is 3.34. The lowest BCUT2D eigenvalue weighted by Gasteiger charge is -2.33. The highest BCUT2D eigenvalue weighted by atomic mass is 32.1. The van der Waals surface area contributed by atoms with Gasteiger partial charge in [0.25, 0.3) is 5.91 Å². The first-order chi connectivity index (χ1) is 9.18. The predicted octanol–water partition coefficient (Wildman–Crippen LogP) is 1.74. The number of aromatic nitrogens is 1. The molecule has 0 spiro atoms. The lowest BCUT2D eigenvalue weighted by Crippen LogP contribution is -2.47. The molecule has 1 saturated heterocycles. The molecule has 1 amide bonds. The molecule has 2 N–H and O–H groups in total. The summed E-state index contributed by atoms with van der Waals surface area (Å²) in [6.07, 6.45) is 3.44. The Labute approximate surface area is 115 Å². The van der Waals surface area contributed by atoms with E-state index < -0.39 is 0 Å². The van der Waals surface area contributed by atoms with Gasteiger partial charge in [0.15, 0.2) is 0 Å². The van der Waals surface area contributed by atoms with Crippen LogP contribution in [0, 0.1) is 0 Å². The third kappa shape index (κ3) is 2.06. The third-order valence-electron chi connectivity index (χ3n) is 3.35. The van der Waals surface area contributed by atoms with Gasteiger partial charge >= 0.3 is 0 Å². The van der Waals surface area contributed by atoms with Gasteiger partial charge in [-0.3, -0.25) is 9.78 Å². The van der Waals surface area contributed by atoms with Crippen LogP contribution < -0.4 is 5.73 Å². The Hall–Kier alpha value is -1.66. The SMILES string of the molecule is CC1COCCN1C(=O)c1sc2cnccc2c1N. The first kappa shape index (κ1) is 12.4. The summed E-state index contributed by atoms with van der Waals surface area (Å²) in [7, 11) is 0. The van der Waals surface area contributed by atoms with E-state index in [1.54, 1.807) is 12.4 Å². The molecule has 2 aromatic heterocycles. The topological polar surface area (TPSA) is 68.5 Å². The molecule has 1 aliphatic rings. The molecule has 0 radical (unpaired) electrons. The van der Waals surface area contributed by atoms with Crippen molar-refractivity contribution in [3.05, 3.63) is 23.3 Å². The van der Waals surface area contributed by atoms with E-state index in [0.29, 0.717) is 30.3 Å². The zero-order valence-corrected chi connectivity index (χ0v) is 11.4. The fraction of sp³-hybridized carbons (Fsp3) is 0.385. The minimum Gasteiger partial charge on any atom is -0.397 e. The summed E-state index contributed by atoms with van der Waals surface area (Å²) in [6.45, 7) is 3.77. The number of fused-ring (bicyclic) bond motifs is 1. The Morgan fingerprint density at radius 2 is 2.47 bits per heavy atom. The van der Waals surface area contributed by atoms with E-state index in [9.17, 15) is 4.79 Å². The van der Waals surface area contributed by atoms with E-state index in [-0.39, 0.29) is 11.9 Å². The largest absolute Gasteiger partial charge is 0.397 e. The standard InChI is InChI=1S/C13H15N3O2S/c1-8-7-18-5-4-16(8)13(17)12-11(14)9-2-3-15-6-10(9)19-12/h2-3,6,8H,4-5,7,14H2,1H3. The second-order valence-electron chi connectivity index (χ2n) is 4.64. The van der Waals surface area contributed by atoms with E-state index in [2.05, 4.69) is 4.98 Å². The number of ether oxygens (including phenoxy) is 1. The molecule has 3 rings (SSSR count). The highest BCUT2D eigenvalue weighted by Gasteiger charge is 2.27. The third-order valence-corrected chi connectivity index (χ3v) is 4.50. The van der Waals surface area contributed by atoms with Crippen molar-refractivity contribution in [1.82, 2.24) is 9.88 Å². The van der Waals surface area contributed by atoms with Gasteiger partial charge in [-0.15, -0.1) is 11.3 Å². The van der Waals surface area contributed by atoms with Crippen LogP contribution in [-0.4, -0.2) is 41.6 Å². The van der Waals surface area contributed by atoms with Crippen molar-refractivity contribution in [3.8, 4) is 0 Å². The molecule has 19 heavy (non-hydrogen) atoms. The molecule has 6 heteroatoms. The van der Waals surface area contributed by atoms with Gasteiger partial charge < -0.3 is 15.4 Å². The number of morpholine rings is 1. The predicted molar refractivity (Wildman–Crippen MR) is 75.3 cm³/mol. The van der Waals surface area contributed by atoms with Crippen LogP contribution >= 0.6 is 11.3 Å². The number of hydrogen-bond donors (Lipinski definition) is 1. The molecule has 1 unspecified atom stereocenters. The van der Waals surface area contributed by atoms with Crippen molar-refractivity contribution in [2.24, 2.45) is 0 Å². The van der Waals surface area contributed by atoms with Gasteiger partial charge in [-0.05, 0) is 13.0 Å². The molecular formula is C13H15N3O2S. The Morgan fingerprint density at radius 3 is 3.21 bits per heavy atom. The van der Waals surface area contributed by atoms with Crippen molar-refractivity contribution < 1.29 is 9.53 Å². The molecule has 1 fully saturated rings. The van der Waals surface area contributed by atoms with Crippen LogP contribution in [0.4, 0.5) is 5.69 Å². The zero-order valence-electron chi connectivity index (χ0n) is 10.6. The molecular weight excluding hydrogens is 262 g/mol. The number of carbonyl (C=O) groups excluding carboxylic acids is 1. The molecule has 1 atom stereocenters. The number of amides is 1. The number of nitrogen functional groups attached to an aromatic ring is 1. The first-order valence-electron chi connectivity index (χ1n) is 6.19. The van der Waals surface area contributed by atoms with Crippen LogP contribution in [0.15, 0.2) is 18.5 Å². The highest BCUT2D eigenvalue weighted by molar-refractivity contribution is 7.21. The molecule has 1 aliphatic heterocycles. The summed E-state index contributed by atoms with van der Waals surface area (Å²) in [5.41, 5.74) is 6.66. The van der Waals surface area contributed by atoms with Gasteiger partial charge in [-0.1, -0.05) is 0 Å². The van der Waals surface area contributed by atoms with E-state index in [1.807, 2.05) is 17.9 Å². The van der Waals surface area contributed by atoms with Crippen LogP contribution in [0.2, 0.25) is 0 Å². The second kappa shape index (κ2) is 4.79. The van der Waals surface area contributed by atoms with Crippen molar-refractivity contribution in [1.29, 1.82) is 0 Å². The maximum atomic E-state index is 12.6. The van der Waals surface area contributed by atoms with Crippen molar-refractivity contribution in [2.45, 2.75) is 13.0 Å². The minimum absolute atomic E-state index is 0.00509. The Bertz CT molecular complexity index is 625. The Morgan fingerprint density at radius 1 is 1.63 bits per heavy atom. The summed E-state index contributed by atoms with van der Waals surface area (Å²) >= 11 is 1.41. The summed E-state index contributed by atoms with van der Waals surface area (Å²) in [6, 6.07) is 1.93. The lowest BCUT2D eigenvalue weighted by atomic mass is 10.2. The van der Waals surface area contributed by atoms with Gasteiger partial charge in [0, 0.05) is 24.3 Å². The van der Waals surface area contributed by atoms with E-state index >= 15 is 0 Å². The minimum atomic E-state index is -0.00509. The van der Waals surface area contributed by atoms with Gasteiger partial charge in [0.2, 0.25) is 0 Å². The lowest BCUT2D eigenvalue weighted by molar-refractivity contribution is 0.00392. The summed E-state index contributed by atoms with van der Waals surface area (Å²) in [5, 5.41) is 0.907. The molecule has 2 aromatic rings. The van der Waals surface area contributed by atoms with Crippen molar-refractivity contribution >= 4 is 33.0 Å². The monoisotopic (exact) mass is 277 g/mol. The quantitative estimate of drug-likeness (QED) is 0.862. The highest BCUT2D eigenvalue weighted by Crippen LogP contribution is 2.34. The van der Waals surface area contributed by atoms with Crippen LogP contribution in [0.5, 0.6) is 0 Å². The zero-order chi connectivity index (χ0) is 13.4. The fourth-order valence-electron chi connectivity index (χ4n) is 2.29. The second-order valence-corrected chi connectivity index (χ2v) is 5.69. The van der Waals surface area contributed by atoms with Crippen LogP contribution in [0.3, 0.4) is 0 Å². The number of pyridine rings is 1. The maximum absolute atomic E-state index is 12.6. The van der Waals surface area contributed by atoms with Gasteiger partial charge in [0.05, 0.1) is 29.6 Å². The average Bonchev–Trinajstić information content (AvgIpc) is 2.77.